The summed E-state index contributed by atoms with van der Waals surface area (Å²) in [7, 11) is 0. The van der Waals surface area contributed by atoms with E-state index in [4.69, 9.17) is 4.74 Å². The Labute approximate surface area is 111 Å². The number of para-hydroxylation sites is 1. The minimum atomic E-state index is 0.522. The normalized spacial score (nSPS) is 12.3. The van der Waals surface area contributed by atoms with Crippen molar-refractivity contribution in [3.8, 4) is 5.75 Å². The molecule has 0 saturated heterocycles. The van der Waals surface area contributed by atoms with E-state index in [1.54, 1.807) is 0 Å². The molecule has 0 amide bonds. The fraction of sp³-hybridized carbons (Fsp3) is 0.600. The number of rotatable bonds is 10. The number of benzene rings is 1. The summed E-state index contributed by atoms with van der Waals surface area (Å²) in [6.45, 7) is 8.30. The molecular weight excluding hydrogens is 224 g/mol. The molecule has 2 N–H and O–H groups in total. The molecule has 0 fully saturated rings. The van der Waals surface area contributed by atoms with Crippen molar-refractivity contribution in [1.82, 2.24) is 10.6 Å². The Morgan fingerprint density at radius 2 is 1.94 bits per heavy atom. The fourth-order valence-electron chi connectivity index (χ4n) is 1.69. The molecule has 0 aromatic heterocycles. The molecule has 3 nitrogen and oxygen atoms in total. The van der Waals surface area contributed by atoms with Gasteiger partial charge in [-0.05, 0) is 45.0 Å². The van der Waals surface area contributed by atoms with Gasteiger partial charge in [0.25, 0.3) is 0 Å². The van der Waals surface area contributed by atoms with Crippen LogP contribution in [0.4, 0.5) is 0 Å². The van der Waals surface area contributed by atoms with Crippen molar-refractivity contribution in [2.45, 2.75) is 32.7 Å². The molecule has 0 radical (unpaired) electrons. The third-order valence-electron chi connectivity index (χ3n) is 2.70. The zero-order chi connectivity index (χ0) is 13.1. The van der Waals surface area contributed by atoms with Crippen molar-refractivity contribution >= 4 is 0 Å². The van der Waals surface area contributed by atoms with Gasteiger partial charge in [0.1, 0.15) is 5.75 Å². The molecule has 0 heterocycles. The van der Waals surface area contributed by atoms with Crippen molar-refractivity contribution in [3.05, 3.63) is 30.3 Å². The summed E-state index contributed by atoms with van der Waals surface area (Å²) in [4.78, 5) is 0. The van der Waals surface area contributed by atoms with E-state index < -0.39 is 0 Å². The smallest absolute Gasteiger partial charge is 0.119 e. The number of hydrogen-bond acceptors (Lipinski definition) is 3. The van der Waals surface area contributed by atoms with E-state index in [-0.39, 0.29) is 0 Å². The van der Waals surface area contributed by atoms with Gasteiger partial charge in [0.15, 0.2) is 0 Å². The molecule has 3 heteroatoms. The molecule has 0 aliphatic heterocycles. The molecule has 0 bridgehead atoms. The lowest BCUT2D eigenvalue weighted by atomic mass is 10.3. The van der Waals surface area contributed by atoms with Crippen LogP contribution in [-0.4, -0.2) is 32.3 Å². The summed E-state index contributed by atoms with van der Waals surface area (Å²) >= 11 is 0. The summed E-state index contributed by atoms with van der Waals surface area (Å²) in [5.41, 5.74) is 0. The van der Waals surface area contributed by atoms with Gasteiger partial charge in [0.2, 0.25) is 0 Å². The van der Waals surface area contributed by atoms with E-state index in [1.807, 2.05) is 30.3 Å². The van der Waals surface area contributed by atoms with E-state index in [0.717, 1.165) is 38.4 Å². The van der Waals surface area contributed by atoms with Gasteiger partial charge in [-0.2, -0.15) is 0 Å². The Bertz CT molecular complexity index is 290. The van der Waals surface area contributed by atoms with Gasteiger partial charge in [-0.3, -0.25) is 0 Å². The van der Waals surface area contributed by atoms with Crippen LogP contribution in [0.2, 0.25) is 0 Å². The van der Waals surface area contributed by atoms with Crippen molar-refractivity contribution < 1.29 is 4.74 Å². The van der Waals surface area contributed by atoms with Crippen LogP contribution >= 0.6 is 0 Å². The average Bonchev–Trinajstić information content (AvgIpc) is 2.40. The monoisotopic (exact) mass is 250 g/mol. The Hall–Kier alpha value is -1.06. The summed E-state index contributed by atoms with van der Waals surface area (Å²) in [5, 5.41) is 6.89. The first-order valence-electron chi connectivity index (χ1n) is 6.95. The minimum absolute atomic E-state index is 0.522. The third kappa shape index (κ3) is 7.30. The van der Waals surface area contributed by atoms with Crippen molar-refractivity contribution in [3.63, 3.8) is 0 Å². The largest absolute Gasteiger partial charge is 0.494 e. The number of hydrogen-bond donors (Lipinski definition) is 2. The molecule has 1 unspecified atom stereocenters. The van der Waals surface area contributed by atoms with Crippen LogP contribution in [0.5, 0.6) is 5.75 Å². The standard InChI is InChI=1S/C15H26N2O/c1-3-10-16-13-14(2)17-11-7-12-18-15-8-5-4-6-9-15/h4-6,8-9,14,16-17H,3,7,10-13H2,1-2H3. The SMILES string of the molecule is CCCNCC(C)NCCCOc1ccccc1. The molecule has 0 spiro atoms. The summed E-state index contributed by atoms with van der Waals surface area (Å²) in [6.07, 6.45) is 2.23. The topological polar surface area (TPSA) is 33.3 Å². The Morgan fingerprint density at radius 3 is 2.67 bits per heavy atom. The molecule has 18 heavy (non-hydrogen) atoms. The zero-order valence-electron chi connectivity index (χ0n) is 11.6. The predicted molar refractivity (Wildman–Crippen MR) is 77.2 cm³/mol. The van der Waals surface area contributed by atoms with Crippen LogP contribution in [0, 0.1) is 0 Å². The maximum absolute atomic E-state index is 5.63. The predicted octanol–water partition coefficient (Wildman–Crippen LogP) is 2.43. The molecule has 0 aliphatic carbocycles. The van der Waals surface area contributed by atoms with E-state index in [2.05, 4.69) is 24.5 Å². The Kier molecular flexibility index (Phi) is 8.26. The van der Waals surface area contributed by atoms with Gasteiger partial charge in [-0.25, -0.2) is 0 Å². The maximum Gasteiger partial charge on any atom is 0.119 e. The number of ether oxygens (including phenoxy) is 1. The van der Waals surface area contributed by atoms with Gasteiger partial charge in [-0.15, -0.1) is 0 Å². The van der Waals surface area contributed by atoms with E-state index in [9.17, 15) is 0 Å². The highest BCUT2D eigenvalue weighted by atomic mass is 16.5. The lowest BCUT2D eigenvalue weighted by molar-refractivity contribution is 0.305. The second kappa shape index (κ2) is 9.92. The maximum atomic E-state index is 5.63. The van der Waals surface area contributed by atoms with E-state index in [1.165, 1.54) is 6.42 Å². The lowest BCUT2D eigenvalue weighted by Crippen LogP contribution is -2.37. The van der Waals surface area contributed by atoms with E-state index in [0.29, 0.717) is 6.04 Å². The van der Waals surface area contributed by atoms with Gasteiger partial charge in [-0.1, -0.05) is 25.1 Å². The number of nitrogens with one attached hydrogen (secondary N) is 2. The van der Waals surface area contributed by atoms with Gasteiger partial charge >= 0.3 is 0 Å². The quantitative estimate of drug-likeness (QED) is 0.626. The summed E-state index contributed by atoms with van der Waals surface area (Å²) < 4.78 is 5.63. The molecule has 0 aliphatic rings. The average molecular weight is 250 g/mol. The van der Waals surface area contributed by atoms with Crippen LogP contribution < -0.4 is 15.4 Å². The first-order valence-corrected chi connectivity index (χ1v) is 6.95. The Morgan fingerprint density at radius 1 is 1.17 bits per heavy atom. The van der Waals surface area contributed by atoms with Gasteiger partial charge in [0.05, 0.1) is 6.61 Å². The highest BCUT2D eigenvalue weighted by Gasteiger charge is 1.99. The second-order valence-corrected chi connectivity index (χ2v) is 4.57. The lowest BCUT2D eigenvalue weighted by Gasteiger charge is -2.14. The van der Waals surface area contributed by atoms with Crippen molar-refractivity contribution in [2.24, 2.45) is 0 Å². The molecule has 1 aromatic carbocycles. The fourth-order valence-corrected chi connectivity index (χ4v) is 1.69. The van der Waals surface area contributed by atoms with E-state index >= 15 is 0 Å². The molecule has 102 valence electrons. The highest BCUT2D eigenvalue weighted by molar-refractivity contribution is 5.20. The zero-order valence-corrected chi connectivity index (χ0v) is 11.6. The third-order valence-corrected chi connectivity index (χ3v) is 2.70. The molecule has 1 aromatic rings. The van der Waals surface area contributed by atoms with Crippen LogP contribution in [0.3, 0.4) is 0 Å². The Balaban J connectivity index is 1.95. The van der Waals surface area contributed by atoms with Crippen LogP contribution in [0.25, 0.3) is 0 Å². The highest BCUT2D eigenvalue weighted by Crippen LogP contribution is 2.07. The molecular formula is C15H26N2O. The molecule has 0 saturated carbocycles. The van der Waals surface area contributed by atoms with Gasteiger partial charge < -0.3 is 15.4 Å². The van der Waals surface area contributed by atoms with Gasteiger partial charge in [0, 0.05) is 12.6 Å². The second-order valence-electron chi connectivity index (χ2n) is 4.57. The van der Waals surface area contributed by atoms with Crippen LogP contribution in [-0.2, 0) is 0 Å². The summed E-state index contributed by atoms with van der Waals surface area (Å²) in [6, 6.07) is 10.5. The molecule has 1 atom stereocenters. The minimum Gasteiger partial charge on any atom is -0.494 e. The first kappa shape index (κ1) is 15.0. The summed E-state index contributed by atoms with van der Waals surface area (Å²) in [5.74, 6) is 0.954. The van der Waals surface area contributed by atoms with Crippen LogP contribution in [0.1, 0.15) is 26.7 Å². The van der Waals surface area contributed by atoms with Crippen molar-refractivity contribution in [1.29, 1.82) is 0 Å². The molecule has 1 rings (SSSR count). The first-order chi connectivity index (χ1) is 8.83. The van der Waals surface area contributed by atoms with Crippen molar-refractivity contribution in [2.75, 3.05) is 26.2 Å². The van der Waals surface area contributed by atoms with Crippen LogP contribution in [0.15, 0.2) is 30.3 Å².